The molecule has 0 radical (unpaired) electrons. The van der Waals surface area contributed by atoms with Crippen molar-refractivity contribution in [2.24, 2.45) is 0 Å². The van der Waals surface area contributed by atoms with Gasteiger partial charge in [-0.05, 0) is 18.4 Å². The maximum atomic E-state index is 5.07. The van der Waals surface area contributed by atoms with Crippen molar-refractivity contribution in [1.29, 1.82) is 0 Å². The average Bonchev–Trinajstić information content (AvgIpc) is 2.82. The quantitative estimate of drug-likeness (QED) is 0.840. The van der Waals surface area contributed by atoms with Crippen molar-refractivity contribution in [2.75, 3.05) is 24.3 Å². The summed E-state index contributed by atoms with van der Waals surface area (Å²) in [6, 6.07) is 3.90. The van der Waals surface area contributed by atoms with Crippen LogP contribution in [0.1, 0.15) is 12.7 Å². The molecule has 2 heterocycles. The van der Waals surface area contributed by atoms with Crippen LogP contribution >= 0.6 is 11.3 Å². The van der Waals surface area contributed by atoms with Gasteiger partial charge in [0, 0.05) is 25.1 Å². The number of nitrogens with one attached hydrogen (secondary N) is 2. The maximum absolute atomic E-state index is 5.07. The predicted octanol–water partition coefficient (Wildman–Crippen LogP) is 2.86. The summed E-state index contributed by atoms with van der Waals surface area (Å²) < 4.78 is 5.07. The average molecular weight is 264 g/mol. The summed E-state index contributed by atoms with van der Waals surface area (Å²) in [6.45, 7) is 3.25. The van der Waals surface area contributed by atoms with E-state index < -0.39 is 0 Å². The lowest BCUT2D eigenvalue weighted by atomic mass is 10.4. The number of aromatic nitrogens is 2. The van der Waals surface area contributed by atoms with Gasteiger partial charge in [-0.25, -0.2) is 9.97 Å². The Labute approximate surface area is 110 Å². The van der Waals surface area contributed by atoms with Crippen LogP contribution in [0, 0.1) is 0 Å². The lowest BCUT2D eigenvalue weighted by Crippen LogP contribution is -2.06. The summed E-state index contributed by atoms with van der Waals surface area (Å²) >= 11 is 1.64. The molecular formula is C12H16N4OS. The largest absolute Gasteiger partial charge is 0.377 e. The zero-order valence-electron chi connectivity index (χ0n) is 10.4. The molecule has 0 saturated heterocycles. The smallest absolute Gasteiger partial charge is 0.158 e. The van der Waals surface area contributed by atoms with E-state index in [1.807, 2.05) is 29.8 Å². The fourth-order valence-electron chi connectivity index (χ4n) is 1.51. The summed E-state index contributed by atoms with van der Waals surface area (Å²) in [6.07, 6.45) is 0. The van der Waals surface area contributed by atoms with E-state index in [2.05, 4.69) is 20.6 Å². The fraction of sp³-hybridized carbons (Fsp3) is 0.333. The number of rotatable bonds is 6. The molecule has 5 nitrogen and oxygen atoms in total. The van der Waals surface area contributed by atoms with Crippen molar-refractivity contribution in [1.82, 2.24) is 9.97 Å². The highest BCUT2D eigenvalue weighted by Gasteiger charge is 2.04. The van der Waals surface area contributed by atoms with E-state index in [1.54, 1.807) is 18.4 Å². The Bertz CT molecular complexity index is 463. The van der Waals surface area contributed by atoms with Crippen LogP contribution in [0.15, 0.2) is 22.9 Å². The lowest BCUT2D eigenvalue weighted by Gasteiger charge is -2.09. The van der Waals surface area contributed by atoms with Crippen LogP contribution in [0.3, 0.4) is 0 Å². The highest BCUT2D eigenvalue weighted by Crippen LogP contribution is 2.19. The number of anilines is 3. The summed E-state index contributed by atoms with van der Waals surface area (Å²) in [5.41, 5.74) is 1.03. The molecule has 0 saturated carbocycles. The minimum absolute atomic E-state index is 0.400. The molecule has 0 bridgehead atoms. The summed E-state index contributed by atoms with van der Waals surface area (Å²) in [4.78, 5) is 8.76. The van der Waals surface area contributed by atoms with E-state index in [4.69, 9.17) is 4.74 Å². The van der Waals surface area contributed by atoms with Crippen LogP contribution in [0.5, 0.6) is 0 Å². The topological polar surface area (TPSA) is 59.1 Å². The molecule has 2 rings (SSSR count). The van der Waals surface area contributed by atoms with Crippen molar-refractivity contribution in [3.05, 3.63) is 28.7 Å². The SMILES string of the molecule is CCNc1cc(Nc2ccsc2)nc(COC)n1. The Balaban J connectivity index is 2.21. The van der Waals surface area contributed by atoms with E-state index >= 15 is 0 Å². The first-order valence-electron chi connectivity index (χ1n) is 5.72. The van der Waals surface area contributed by atoms with Crippen molar-refractivity contribution in [2.45, 2.75) is 13.5 Å². The monoisotopic (exact) mass is 264 g/mol. The van der Waals surface area contributed by atoms with E-state index in [9.17, 15) is 0 Å². The summed E-state index contributed by atoms with van der Waals surface area (Å²) in [5.74, 6) is 2.23. The Morgan fingerprint density at radius 3 is 2.83 bits per heavy atom. The third-order valence-corrected chi connectivity index (χ3v) is 2.88. The van der Waals surface area contributed by atoms with Gasteiger partial charge < -0.3 is 15.4 Å². The minimum atomic E-state index is 0.400. The number of hydrogen-bond acceptors (Lipinski definition) is 6. The zero-order chi connectivity index (χ0) is 12.8. The Morgan fingerprint density at radius 2 is 2.17 bits per heavy atom. The van der Waals surface area contributed by atoms with E-state index in [0.717, 1.165) is 23.9 Å². The molecule has 2 N–H and O–H groups in total. The number of hydrogen-bond donors (Lipinski definition) is 2. The Morgan fingerprint density at radius 1 is 1.33 bits per heavy atom. The van der Waals surface area contributed by atoms with Crippen LogP contribution in [0.2, 0.25) is 0 Å². The van der Waals surface area contributed by atoms with Gasteiger partial charge in [-0.2, -0.15) is 11.3 Å². The van der Waals surface area contributed by atoms with Crippen LogP contribution in [0.4, 0.5) is 17.3 Å². The molecule has 2 aromatic heterocycles. The van der Waals surface area contributed by atoms with Crippen molar-refractivity contribution in [3.63, 3.8) is 0 Å². The lowest BCUT2D eigenvalue weighted by molar-refractivity contribution is 0.178. The second-order valence-electron chi connectivity index (χ2n) is 3.66. The third-order valence-electron chi connectivity index (χ3n) is 2.20. The second kappa shape index (κ2) is 6.32. The van der Waals surface area contributed by atoms with Gasteiger partial charge in [0.1, 0.15) is 18.2 Å². The Hall–Kier alpha value is -1.66. The van der Waals surface area contributed by atoms with Gasteiger partial charge in [0.25, 0.3) is 0 Å². The second-order valence-corrected chi connectivity index (χ2v) is 4.44. The van der Waals surface area contributed by atoms with Crippen LogP contribution in [-0.2, 0) is 11.3 Å². The van der Waals surface area contributed by atoms with Crippen LogP contribution < -0.4 is 10.6 Å². The molecule has 6 heteroatoms. The maximum Gasteiger partial charge on any atom is 0.158 e. The molecule has 0 spiro atoms. The first-order chi connectivity index (χ1) is 8.81. The normalized spacial score (nSPS) is 10.3. The van der Waals surface area contributed by atoms with Crippen molar-refractivity contribution >= 4 is 28.7 Å². The van der Waals surface area contributed by atoms with Crippen molar-refractivity contribution < 1.29 is 4.74 Å². The van der Waals surface area contributed by atoms with Gasteiger partial charge in [-0.1, -0.05) is 0 Å². The highest BCUT2D eigenvalue weighted by atomic mass is 32.1. The molecule has 96 valence electrons. The highest BCUT2D eigenvalue weighted by molar-refractivity contribution is 7.08. The third kappa shape index (κ3) is 3.41. The molecular weight excluding hydrogens is 248 g/mol. The number of nitrogens with zero attached hydrogens (tertiary/aromatic N) is 2. The fourth-order valence-corrected chi connectivity index (χ4v) is 2.10. The minimum Gasteiger partial charge on any atom is -0.377 e. The molecule has 0 aliphatic rings. The van der Waals surface area contributed by atoms with Crippen LogP contribution in [-0.4, -0.2) is 23.6 Å². The molecule has 2 aromatic rings. The van der Waals surface area contributed by atoms with E-state index in [0.29, 0.717) is 12.4 Å². The number of thiophene rings is 1. The standard InChI is InChI=1S/C12H16N4OS/c1-3-13-10-6-11(14-9-4-5-18-8-9)16-12(15-10)7-17-2/h4-6,8H,3,7H2,1-2H3,(H2,13,14,15,16). The molecule has 0 aliphatic heterocycles. The van der Waals surface area contributed by atoms with E-state index in [1.165, 1.54) is 0 Å². The van der Waals surface area contributed by atoms with Crippen LogP contribution in [0.25, 0.3) is 0 Å². The zero-order valence-corrected chi connectivity index (χ0v) is 11.3. The molecule has 0 amide bonds. The van der Waals surface area contributed by atoms with Gasteiger partial charge in [-0.15, -0.1) is 0 Å². The molecule has 0 atom stereocenters. The van der Waals surface area contributed by atoms with Crippen molar-refractivity contribution in [3.8, 4) is 0 Å². The van der Waals surface area contributed by atoms with Gasteiger partial charge in [0.15, 0.2) is 5.82 Å². The van der Waals surface area contributed by atoms with Gasteiger partial charge >= 0.3 is 0 Å². The molecule has 0 aliphatic carbocycles. The number of methoxy groups -OCH3 is 1. The van der Waals surface area contributed by atoms with Gasteiger partial charge in [0.2, 0.25) is 0 Å². The predicted molar refractivity (Wildman–Crippen MR) is 74.5 cm³/mol. The van der Waals surface area contributed by atoms with Gasteiger partial charge in [0.05, 0.1) is 5.69 Å². The molecule has 18 heavy (non-hydrogen) atoms. The molecule has 0 fully saturated rings. The molecule has 0 unspecified atom stereocenters. The number of ether oxygens (including phenoxy) is 1. The summed E-state index contributed by atoms with van der Waals surface area (Å²) in [7, 11) is 1.63. The van der Waals surface area contributed by atoms with Gasteiger partial charge in [-0.3, -0.25) is 0 Å². The Kier molecular flexibility index (Phi) is 4.49. The first kappa shape index (κ1) is 12.8. The molecule has 0 aromatic carbocycles. The summed E-state index contributed by atoms with van der Waals surface area (Å²) in [5, 5.41) is 10.5. The van der Waals surface area contributed by atoms with E-state index in [-0.39, 0.29) is 0 Å². The first-order valence-corrected chi connectivity index (χ1v) is 6.66.